The van der Waals surface area contributed by atoms with E-state index in [0.29, 0.717) is 55.0 Å². The van der Waals surface area contributed by atoms with Crippen LogP contribution in [-0.2, 0) is 27.8 Å². The molecule has 0 heterocycles. The topological polar surface area (TPSA) is 139 Å². The van der Waals surface area contributed by atoms with Gasteiger partial charge < -0.3 is 10.2 Å². The van der Waals surface area contributed by atoms with Crippen LogP contribution in [0.15, 0.2) is 102 Å². The van der Waals surface area contributed by atoms with Crippen LogP contribution in [0, 0.1) is 39.2 Å². The molecule has 0 radical (unpaired) electrons. The first-order valence-corrected chi connectivity index (χ1v) is 21.9. The Labute approximate surface area is 336 Å². The second kappa shape index (κ2) is 16.8. The average molecular weight is 791 g/mol. The fraction of sp³-hybridized carbons (Fsp3) is 0.435. The Hall–Kier alpha value is -5.03. The predicted octanol–water partition coefficient (Wildman–Crippen LogP) is 9.40. The third-order valence-corrected chi connectivity index (χ3v) is 14.6. The highest BCUT2D eigenvalue weighted by atomic mass is 32.2. The molecule has 57 heavy (non-hydrogen) atoms. The smallest absolute Gasteiger partial charge is 0.293 e. The van der Waals surface area contributed by atoms with E-state index in [2.05, 4.69) is 47.8 Å². The van der Waals surface area contributed by atoms with Crippen molar-refractivity contribution in [2.75, 3.05) is 11.9 Å². The Bertz CT molecular complexity index is 2180. The Kier molecular flexibility index (Phi) is 11.9. The van der Waals surface area contributed by atoms with Crippen LogP contribution in [0.2, 0.25) is 0 Å². The number of hydrogen-bond acceptors (Lipinski definition) is 7. The number of carbonyl (C=O) groups is 2. The highest BCUT2D eigenvalue weighted by Crippen LogP contribution is 2.62. The van der Waals surface area contributed by atoms with E-state index in [9.17, 15) is 28.1 Å². The summed E-state index contributed by atoms with van der Waals surface area (Å²) in [5, 5.41) is 15.0. The molecule has 0 saturated heterocycles. The van der Waals surface area contributed by atoms with Crippen molar-refractivity contribution in [1.29, 1.82) is 0 Å². The summed E-state index contributed by atoms with van der Waals surface area (Å²) in [6, 6.07) is 28.8. The number of nitro benzene ring substituents is 1. The Morgan fingerprint density at radius 2 is 1.53 bits per heavy atom. The molecule has 4 aliphatic carbocycles. The van der Waals surface area contributed by atoms with Crippen LogP contribution in [0.3, 0.4) is 0 Å². The lowest BCUT2D eigenvalue weighted by atomic mass is 9.44. The van der Waals surface area contributed by atoms with E-state index < -0.39 is 20.9 Å². The van der Waals surface area contributed by atoms with Gasteiger partial charge in [-0.15, -0.1) is 0 Å². The summed E-state index contributed by atoms with van der Waals surface area (Å²) in [5.74, 6) is 1.44. The minimum Gasteiger partial charge on any atom is -0.379 e. The molecular weight excluding hydrogens is 737 g/mol. The molecule has 0 aliphatic heterocycles. The van der Waals surface area contributed by atoms with Crippen LogP contribution in [0.5, 0.6) is 0 Å². The molecule has 10 nitrogen and oxygen atoms in total. The van der Waals surface area contributed by atoms with Crippen molar-refractivity contribution in [2.45, 2.75) is 96.0 Å². The maximum absolute atomic E-state index is 13.9. The van der Waals surface area contributed by atoms with E-state index in [1.54, 1.807) is 24.3 Å². The minimum absolute atomic E-state index is 0.131. The van der Waals surface area contributed by atoms with Crippen LogP contribution in [-0.4, -0.2) is 42.6 Å². The van der Waals surface area contributed by atoms with Gasteiger partial charge in [-0.1, -0.05) is 107 Å². The number of nitrogens with one attached hydrogen (secondary N) is 2. The van der Waals surface area contributed by atoms with Gasteiger partial charge in [0.1, 0.15) is 5.69 Å². The highest BCUT2D eigenvalue weighted by Gasteiger charge is 2.57. The van der Waals surface area contributed by atoms with E-state index >= 15 is 0 Å². The summed E-state index contributed by atoms with van der Waals surface area (Å²) < 4.78 is 28.5. The number of fused-ring (bicyclic) bond motifs is 2. The summed E-state index contributed by atoms with van der Waals surface area (Å²) >= 11 is 0. The van der Waals surface area contributed by atoms with Crippen LogP contribution < -0.4 is 10.0 Å². The molecule has 4 atom stereocenters. The van der Waals surface area contributed by atoms with E-state index in [1.807, 2.05) is 42.5 Å². The molecule has 11 heteroatoms. The molecule has 0 spiro atoms. The molecule has 2 amide bonds. The highest BCUT2D eigenvalue weighted by molar-refractivity contribution is 7.90. The Balaban J connectivity index is 0.998. The van der Waals surface area contributed by atoms with Gasteiger partial charge in [0.15, 0.2) is 0 Å². The summed E-state index contributed by atoms with van der Waals surface area (Å²) in [5.41, 5.74) is 4.31. The number of nitrogens with zero attached hydrogens (tertiary/aromatic N) is 2. The molecule has 4 aromatic carbocycles. The van der Waals surface area contributed by atoms with Crippen LogP contribution in [0.1, 0.15) is 93.6 Å². The second-order valence-electron chi connectivity index (χ2n) is 17.1. The summed E-state index contributed by atoms with van der Waals surface area (Å²) in [4.78, 5) is 40.1. The van der Waals surface area contributed by atoms with E-state index in [-0.39, 0.29) is 33.8 Å². The second-order valence-corrected chi connectivity index (χ2v) is 18.7. The quantitative estimate of drug-likeness (QED) is 0.0959. The van der Waals surface area contributed by atoms with Gasteiger partial charge in [0.05, 0.1) is 9.82 Å². The van der Waals surface area contributed by atoms with Crippen LogP contribution in [0.4, 0.5) is 11.4 Å². The zero-order valence-electron chi connectivity index (χ0n) is 33.2. The monoisotopic (exact) mass is 790 g/mol. The van der Waals surface area contributed by atoms with Gasteiger partial charge in [-0.05, 0) is 108 Å². The van der Waals surface area contributed by atoms with E-state index in [0.717, 1.165) is 60.4 Å². The van der Waals surface area contributed by atoms with Crippen molar-refractivity contribution in [2.24, 2.45) is 29.1 Å². The number of amides is 2. The standard InChI is InChI=1S/C46H54N4O6S/c1-31-40-26-38(46(40,2)3)27-42(31)49(44(51)25-16-32-10-6-4-7-11-32)30-34-14-17-35(18-15-34)36-19-21-37(22-20-36)45(52)48-57(55,56)39-23-24-41(43(28-39)50(53)54)47-29-33-12-8-5-9-13-33/h4,6-7,10-11,14-15,17-24,28,31,33,38,40,42,47H,5,8-9,12-13,16,25-27,29-30H2,1-3H3,(H,48,52)/t31-,38+,40+,42+/m1/s1. The molecule has 2 bridgehead atoms. The molecule has 300 valence electrons. The Morgan fingerprint density at radius 1 is 0.860 bits per heavy atom. The van der Waals surface area contributed by atoms with Gasteiger partial charge in [-0.3, -0.25) is 19.7 Å². The summed E-state index contributed by atoms with van der Waals surface area (Å²) in [7, 11) is -4.40. The average Bonchev–Trinajstić information content (AvgIpc) is 3.22. The minimum atomic E-state index is -4.40. The molecule has 2 N–H and O–H groups in total. The molecule has 4 saturated carbocycles. The first-order valence-electron chi connectivity index (χ1n) is 20.4. The van der Waals surface area contributed by atoms with Gasteiger partial charge in [-0.25, -0.2) is 13.1 Å². The number of benzene rings is 4. The third kappa shape index (κ3) is 8.93. The zero-order valence-corrected chi connectivity index (χ0v) is 34.0. The van der Waals surface area contributed by atoms with Crippen LogP contribution in [0.25, 0.3) is 11.1 Å². The number of aryl methyl sites for hydroxylation is 1. The van der Waals surface area contributed by atoms with Gasteiger partial charge >= 0.3 is 0 Å². The molecule has 0 aromatic heterocycles. The van der Waals surface area contributed by atoms with Crippen molar-refractivity contribution in [3.8, 4) is 11.1 Å². The van der Waals surface area contributed by atoms with Crippen LogP contribution >= 0.6 is 0 Å². The predicted molar refractivity (Wildman–Crippen MR) is 223 cm³/mol. The summed E-state index contributed by atoms with van der Waals surface area (Å²) in [6.07, 6.45) is 9.06. The molecule has 0 unspecified atom stereocenters. The Morgan fingerprint density at radius 3 is 2.16 bits per heavy atom. The number of hydrogen-bond donors (Lipinski definition) is 2. The molecule has 4 aromatic rings. The first-order chi connectivity index (χ1) is 27.3. The molecule has 4 fully saturated rings. The molecule has 4 aliphatic rings. The third-order valence-electron chi connectivity index (χ3n) is 13.3. The fourth-order valence-corrected chi connectivity index (χ4v) is 10.6. The van der Waals surface area contributed by atoms with Crippen molar-refractivity contribution in [3.05, 3.63) is 124 Å². The lowest BCUT2D eigenvalue weighted by Gasteiger charge is -2.63. The maximum Gasteiger partial charge on any atom is 0.293 e. The van der Waals surface area contributed by atoms with Gasteiger partial charge in [-0.2, -0.15) is 0 Å². The number of rotatable bonds is 14. The lowest BCUT2D eigenvalue weighted by Crippen LogP contribution is -2.61. The van der Waals surface area contributed by atoms with Gasteiger partial charge in [0, 0.05) is 37.2 Å². The molecular formula is C46H54N4O6S. The first kappa shape index (κ1) is 40.2. The molecule has 8 rings (SSSR count). The van der Waals surface area contributed by atoms with Crippen molar-refractivity contribution >= 4 is 33.2 Å². The van der Waals surface area contributed by atoms with Gasteiger partial charge in [0.2, 0.25) is 5.91 Å². The zero-order chi connectivity index (χ0) is 40.3. The number of carbonyl (C=O) groups excluding carboxylic acids is 2. The van der Waals surface area contributed by atoms with Crippen molar-refractivity contribution in [1.82, 2.24) is 9.62 Å². The van der Waals surface area contributed by atoms with E-state index in [1.165, 1.54) is 25.0 Å². The number of anilines is 1. The normalized spacial score (nSPS) is 21.5. The van der Waals surface area contributed by atoms with Crippen molar-refractivity contribution in [3.63, 3.8) is 0 Å². The SMILES string of the molecule is C[C@H]1[C@@H](N(Cc2ccc(-c3ccc(C(=O)NS(=O)(=O)c4ccc(NCC5CCCCC5)c([N+](=O)[O-])c4)cc3)cc2)C(=O)CCc2ccccc2)C[C@@H]2C[C@@H]1C2(C)C. The number of nitro groups is 1. The maximum atomic E-state index is 13.9. The lowest BCUT2D eigenvalue weighted by molar-refractivity contribution is -0.384. The van der Waals surface area contributed by atoms with Gasteiger partial charge in [0.25, 0.3) is 21.6 Å². The number of sulfonamides is 1. The largest absolute Gasteiger partial charge is 0.379 e. The fourth-order valence-electron chi connectivity index (χ4n) is 9.64. The van der Waals surface area contributed by atoms with Crippen molar-refractivity contribution < 1.29 is 22.9 Å². The van der Waals surface area contributed by atoms with E-state index in [4.69, 9.17) is 0 Å². The summed E-state index contributed by atoms with van der Waals surface area (Å²) in [6.45, 7) is 8.21.